The fourth-order valence-corrected chi connectivity index (χ4v) is 8.25. The van der Waals surface area contributed by atoms with Gasteiger partial charge in [-0.3, -0.25) is 0 Å². The monoisotopic (exact) mass is 668 g/mol. The SMILES string of the molecule is C1=Cc2cc3oc4ncccc4c3c(N(C3=CCC(c4ccccc4)C=C3)c3ccc(-c4ccc(-c5ccccc5)c5ccccc45)cc3)c2CC1. The summed E-state index contributed by atoms with van der Waals surface area (Å²) in [6.07, 6.45) is 16.3. The standard InChI is InChI=1S/C49H36N2O/c1-3-12-33(13-4-1)34-21-25-38(26-22-34)51(48-42-17-8-7-16-37(42)32-46-47(48)45-20-11-31-50-49(45)52-46)39-27-23-36(24-28-39)41-30-29-40(35-14-5-2-6-15-35)43-18-9-10-19-44(41)43/h1-7,9-16,18-21,23-32,34H,8,17,22H2. The third-order valence-electron chi connectivity index (χ3n) is 10.7. The van der Waals surface area contributed by atoms with Crippen molar-refractivity contribution in [2.45, 2.75) is 25.2 Å². The van der Waals surface area contributed by atoms with E-state index in [0.29, 0.717) is 11.6 Å². The Bertz CT molecular complexity index is 2700. The van der Waals surface area contributed by atoms with Gasteiger partial charge in [0.15, 0.2) is 0 Å². The number of fused-ring (bicyclic) bond motifs is 5. The van der Waals surface area contributed by atoms with Crippen LogP contribution in [0.4, 0.5) is 11.4 Å². The van der Waals surface area contributed by atoms with Gasteiger partial charge in [0.05, 0.1) is 16.5 Å². The third-order valence-corrected chi connectivity index (χ3v) is 10.7. The lowest BCUT2D eigenvalue weighted by Gasteiger charge is -2.32. The molecule has 0 N–H and O–H groups in total. The van der Waals surface area contributed by atoms with Crippen LogP contribution in [0, 0.1) is 0 Å². The molecule has 248 valence electrons. The van der Waals surface area contributed by atoms with Gasteiger partial charge in [0, 0.05) is 23.5 Å². The van der Waals surface area contributed by atoms with E-state index < -0.39 is 0 Å². The lowest BCUT2D eigenvalue weighted by molar-refractivity contribution is 0.654. The number of anilines is 2. The zero-order valence-electron chi connectivity index (χ0n) is 28.7. The van der Waals surface area contributed by atoms with Crippen molar-refractivity contribution >= 4 is 50.3 Å². The number of hydrogen-bond donors (Lipinski definition) is 0. The molecule has 6 aromatic carbocycles. The van der Waals surface area contributed by atoms with E-state index in [4.69, 9.17) is 4.42 Å². The molecule has 0 fully saturated rings. The van der Waals surface area contributed by atoms with Gasteiger partial charge in [0.25, 0.3) is 0 Å². The van der Waals surface area contributed by atoms with E-state index in [1.54, 1.807) is 0 Å². The van der Waals surface area contributed by atoms with Crippen molar-refractivity contribution in [2.75, 3.05) is 4.90 Å². The predicted molar refractivity (Wildman–Crippen MR) is 217 cm³/mol. The van der Waals surface area contributed by atoms with E-state index in [9.17, 15) is 0 Å². The van der Waals surface area contributed by atoms with Crippen molar-refractivity contribution in [3.63, 3.8) is 0 Å². The first kappa shape index (κ1) is 30.4. The van der Waals surface area contributed by atoms with Crippen LogP contribution < -0.4 is 4.90 Å². The van der Waals surface area contributed by atoms with Crippen molar-refractivity contribution in [3.05, 3.63) is 192 Å². The van der Waals surface area contributed by atoms with E-state index >= 15 is 0 Å². The summed E-state index contributed by atoms with van der Waals surface area (Å²) in [7, 11) is 0. The number of furan rings is 1. The quantitative estimate of drug-likeness (QED) is 0.177. The Kier molecular flexibility index (Phi) is 7.42. The molecule has 3 nitrogen and oxygen atoms in total. The molecule has 0 amide bonds. The molecule has 10 rings (SSSR count). The van der Waals surface area contributed by atoms with Crippen LogP contribution in [0.2, 0.25) is 0 Å². The maximum atomic E-state index is 6.46. The maximum absolute atomic E-state index is 6.46. The Labute approximate surface area is 303 Å². The Hall–Kier alpha value is -6.45. The van der Waals surface area contributed by atoms with Gasteiger partial charge >= 0.3 is 0 Å². The second-order valence-corrected chi connectivity index (χ2v) is 13.8. The molecule has 1 unspecified atom stereocenters. The van der Waals surface area contributed by atoms with Crippen LogP contribution in [0.15, 0.2) is 180 Å². The first-order chi connectivity index (χ1) is 25.8. The van der Waals surface area contributed by atoms with E-state index in [1.807, 2.05) is 12.3 Å². The average Bonchev–Trinajstić information content (AvgIpc) is 3.59. The molecule has 2 heterocycles. The van der Waals surface area contributed by atoms with Gasteiger partial charge in [0.2, 0.25) is 5.71 Å². The topological polar surface area (TPSA) is 29.3 Å². The Morgan fingerprint density at radius 3 is 2.08 bits per heavy atom. The number of benzene rings is 6. The molecule has 2 aliphatic rings. The summed E-state index contributed by atoms with van der Waals surface area (Å²) in [6.45, 7) is 0. The normalized spacial score (nSPS) is 15.2. The molecule has 8 aromatic rings. The largest absolute Gasteiger partial charge is 0.438 e. The number of rotatable bonds is 6. The van der Waals surface area contributed by atoms with Crippen LogP contribution in [0.3, 0.4) is 0 Å². The summed E-state index contributed by atoms with van der Waals surface area (Å²) in [5.74, 6) is 0.341. The summed E-state index contributed by atoms with van der Waals surface area (Å²) in [4.78, 5) is 7.11. The summed E-state index contributed by atoms with van der Waals surface area (Å²) >= 11 is 0. The zero-order chi connectivity index (χ0) is 34.4. The highest BCUT2D eigenvalue weighted by molar-refractivity contribution is 6.14. The predicted octanol–water partition coefficient (Wildman–Crippen LogP) is 13.2. The van der Waals surface area contributed by atoms with Crippen LogP contribution in [0.5, 0.6) is 0 Å². The van der Waals surface area contributed by atoms with Crippen LogP contribution in [0.1, 0.15) is 35.4 Å². The van der Waals surface area contributed by atoms with Crippen LogP contribution in [0.25, 0.3) is 61.2 Å². The van der Waals surface area contributed by atoms with Crippen molar-refractivity contribution in [1.82, 2.24) is 4.98 Å². The molecule has 1 atom stereocenters. The number of hydrogen-bond acceptors (Lipinski definition) is 3. The zero-order valence-corrected chi connectivity index (χ0v) is 28.7. The number of pyridine rings is 1. The number of nitrogens with zero attached hydrogens (tertiary/aromatic N) is 2. The summed E-state index contributed by atoms with van der Waals surface area (Å²) in [6, 6.07) is 50.3. The molecular formula is C49H36N2O. The Balaban J connectivity index is 1.14. The minimum absolute atomic E-state index is 0.341. The van der Waals surface area contributed by atoms with Gasteiger partial charge in [-0.1, -0.05) is 133 Å². The fraction of sp³-hybridized carbons (Fsp3) is 0.0816. The Morgan fingerprint density at radius 2 is 1.35 bits per heavy atom. The van der Waals surface area contributed by atoms with Gasteiger partial charge in [-0.15, -0.1) is 0 Å². The van der Waals surface area contributed by atoms with Crippen LogP contribution in [-0.4, -0.2) is 4.98 Å². The van der Waals surface area contributed by atoms with Crippen molar-refractivity contribution in [2.24, 2.45) is 0 Å². The lowest BCUT2D eigenvalue weighted by Crippen LogP contribution is -2.20. The highest BCUT2D eigenvalue weighted by atomic mass is 16.3. The second-order valence-electron chi connectivity index (χ2n) is 13.8. The summed E-state index contributed by atoms with van der Waals surface area (Å²) in [5, 5.41) is 4.66. The third kappa shape index (κ3) is 5.17. The minimum atomic E-state index is 0.341. The smallest absolute Gasteiger partial charge is 0.227 e. The van der Waals surface area contributed by atoms with E-state index in [0.717, 1.165) is 41.3 Å². The van der Waals surface area contributed by atoms with Gasteiger partial charge in [-0.25, -0.2) is 4.98 Å². The number of aromatic nitrogens is 1. The molecule has 0 radical (unpaired) electrons. The highest BCUT2D eigenvalue weighted by Crippen LogP contribution is 2.47. The molecule has 0 aliphatic heterocycles. The first-order valence-corrected chi connectivity index (χ1v) is 18.2. The van der Waals surface area contributed by atoms with Gasteiger partial charge in [0.1, 0.15) is 5.58 Å². The van der Waals surface area contributed by atoms with E-state index in [1.165, 1.54) is 61.1 Å². The highest BCUT2D eigenvalue weighted by Gasteiger charge is 2.27. The van der Waals surface area contributed by atoms with Gasteiger partial charge in [-0.2, -0.15) is 0 Å². The molecule has 2 aromatic heterocycles. The van der Waals surface area contributed by atoms with E-state index in [2.05, 4.69) is 174 Å². The maximum Gasteiger partial charge on any atom is 0.227 e. The molecule has 3 heteroatoms. The summed E-state index contributed by atoms with van der Waals surface area (Å²) in [5.41, 5.74) is 13.8. The van der Waals surface area contributed by atoms with Gasteiger partial charge in [-0.05, 0) is 105 Å². The van der Waals surface area contributed by atoms with Gasteiger partial charge < -0.3 is 9.32 Å². The molecule has 0 saturated heterocycles. The van der Waals surface area contributed by atoms with E-state index in [-0.39, 0.29) is 0 Å². The van der Waals surface area contributed by atoms with Crippen molar-refractivity contribution in [1.29, 1.82) is 0 Å². The van der Waals surface area contributed by atoms with Crippen molar-refractivity contribution < 1.29 is 4.42 Å². The molecular weight excluding hydrogens is 633 g/mol. The lowest BCUT2D eigenvalue weighted by atomic mass is 9.89. The van der Waals surface area contributed by atoms with Crippen LogP contribution in [-0.2, 0) is 6.42 Å². The first-order valence-electron chi connectivity index (χ1n) is 18.2. The minimum Gasteiger partial charge on any atom is -0.438 e. The molecule has 0 spiro atoms. The molecule has 52 heavy (non-hydrogen) atoms. The Morgan fingerprint density at radius 1 is 0.654 bits per heavy atom. The summed E-state index contributed by atoms with van der Waals surface area (Å²) < 4.78 is 6.46. The average molecular weight is 669 g/mol. The molecule has 2 aliphatic carbocycles. The second kappa shape index (κ2) is 12.7. The fourth-order valence-electron chi connectivity index (χ4n) is 8.25. The van der Waals surface area contributed by atoms with Crippen LogP contribution >= 0.6 is 0 Å². The molecule has 0 bridgehead atoms. The number of allylic oxidation sites excluding steroid dienone is 4. The molecule has 0 saturated carbocycles. The van der Waals surface area contributed by atoms with Crippen molar-refractivity contribution in [3.8, 4) is 22.3 Å².